The highest BCUT2D eigenvalue weighted by Gasteiger charge is 2.32. The van der Waals surface area contributed by atoms with Gasteiger partial charge in [-0.05, 0) is 57.6 Å². The Morgan fingerprint density at radius 1 is 1.12 bits per heavy atom. The van der Waals surface area contributed by atoms with Crippen molar-refractivity contribution >= 4 is 6.03 Å². The van der Waals surface area contributed by atoms with Crippen LogP contribution in [0.2, 0.25) is 0 Å². The zero-order valence-corrected chi connectivity index (χ0v) is 14.9. The molecule has 4 rings (SSSR count). The fourth-order valence-electron chi connectivity index (χ4n) is 4.20. The molecule has 5 nitrogen and oxygen atoms in total. The summed E-state index contributed by atoms with van der Waals surface area (Å²) in [5, 5.41) is 6.18. The molecular weight excluding hydrogens is 314 g/mol. The standard InChI is InChI=1S/C20H29N3O2/c24-20(22-16-10-12-23-11-4-6-17(23)13-16)21-14-15-5-1-2-9-19(15)25-18-7-3-8-18/h1-2,5,9,16-18H,3-4,6-8,10-14H2,(H2,21,22,24)/t16-,17-/m0/s1. The summed E-state index contributed by atoms with van der Waals surface area (Å²) in [6.45, 7) is 2.87. The van der Waals surface area contributed by atoms with E-state index in [0.29, 0.717) is 24.7 Å². The Balaban J connectivity index is 1.26. The molecule has 136 valence electrons. The molecule has 2 aliphatic heterocycles. The third-order valence-electron chi connectivity index (χ3n) is 5.91. The lowest BCUT2D eigenvalue weighted by Crippen LogP contribution is -2.49. The topological polar surface area (TPSA) is 53.6 Å². The van der Waals surface area contributed by atoms with E-state index in [1.165, 1.54) is 25.8 Å². The molecule has 1 aliphatic carbocycles. The number of benzene rings is 1. The van der Waals surface area contributed by atoms with Crippen LogP contribution in [0.25, 0.3) is 0 Å². The van der Waals surface area contributed by atoms with E-state index in [4.69, 9.17) is 4.74 Å². The largest absolute Gasteiger partial charge is 0.490 e. The molecule has 3 aliphatic rings. The number of carbonyl (C=O) groups excluding carboxylic acids is 1. The monoisotopic (exact) mass is 343 g/mol. The Labute approximate surface area is 150 Å². The quantitative estimate of drug-likeness (QED) is 0.864. The molecule has 5 heteroatoms. The van der Waals surface area contributed by atoms with Crippen LogP contribution in [-0.2, 0) is 6.54 Å². The fourth-order valence-corrected chi connectivity index (χ4v) is 4.20. The lowest BCUT2D eigenvalue weighted by molar-refractivity contribution is 0.119. The highest BCUT2D eigenvalue weighted by molar-refractivity contribution is 5.74. The van der Waals surface area contributed by atoms with Gasteiger partial charge in [0.25, 0.3) is 0 Å². The molecule has 1 aromatic rings. The van der Waals surface area contributed by atoms with Crippen molar-refractivity contribution in [1.82, 2.24) is 15.5 Å². The van der Waals surface area contributed by atoms with Crippen LogP contribution < -0.4 is 15.4 Å². The number of nitrogens with zero attached hydrogens (tertiary/aromatic N) is 1. The first-order valence-electron chi connectivity index (χ1n) is 9.81. The fraction of sp³-hybridized carbons (Fsp3) is 0.650. The van der Waals surface area contributed by atoms with Gasteiger partial charge in [0.2, 0.25) is 0 Å². The number of hydrogen-bond acceptors (Lipinski definition) is 3. The third-order valence-corrected chi connectivity index (χ3v) is 5.91. The van der Waals surface area contributed by atoms with Crippen LogP contribution in [0.5, 0.6) is 5.75 Å². The summed E-state index contributed by atoms with van der Waals surface area (Å²) in [5.41, 5.74) is 1.05. The maximum Gasteiger partial charge on any atom is 0.315 e. The Bertz CT molecular complexity index is 602. The highest BCUT2D eigenvalue weighted by Crippen LogP contribution is 2.28. The van der Waals surface area contributed by atoms with E-state index in [9.17, 15) is 4.79 Å². The van der Waals surface area contributed by atoms with E-state index in [2.05, 4.69) is 15.5 Å². The second-order valence-corrected chi connectivity index (χ2v) is 7.66. The van der Waals surface area contributed by atoms with Crippen molar-refractivity contribution in [3.8, 4) is 5.75 Å². The van der Waals surface area contributed by atoms with Crippen molar-refractivity contribution in [1.29, 1.82) is 0 Å². The van der Waals surface area contributed by atoms with Gasteiger partial charge in [0.15, 0.2) is 0 Å². The van der Waals surface area contributed by atoms with Crippen molar-refractivity contribution in [2.75, 3.05) is 13.1 Å². The molecule has 0 radical (unpaired) electrons. The summed E-state index contributed by atoms with van der Waals surface area (Å²) in [4.78, 5) is 14.9. The number of rotatable bonds is 5. The van der Waals surface area contributed by atoms with Crippen LogP contribution >= 0.6 is 0 Å². The second-order valence-electron chi connectivity index (χ2n) is 7.66. The van der Waals surface area contributed by atoms with Crippen LogP contribution in [0, 0.1) is 0 Å². The molecule has 25 heavy (non-hydrogen) atoms. The van der Waals surface area contributed by atoms with E-state index in [1.807, 2.05) is 24.3 Å². The molecule has 0 bridgehead atoms. The van der Waals surface area contributed by atoms with Gasteiger partial charge in [-0.2, -0.15) is 0 Å². The zero-order valence-electron chi connectivity index (χ0n) is 14.9. The predicted molar refractivity (Wildman–Crippen MR) is 97.7 cm³/mol. The number of para-hydroxylation sites is 1. The number of amides is 2. The van der Waals surface area contributed by atoms with Gasteiger partial charge >= 0.3 is 6.03 Å². The normalized spacial score (nSPS) is 26.6. The molecule has 2 atom stereocenters. The Morgan fingerprint density at radius 3 is 2.84 bits per heavy atom. The number of carbonyl (C=O) groups is 1. The molecule has 0 aromatic heterocycles. The Morgan fingerprint density at radius 2 is 2.00 bits per heavy atom. The molecule has 2 saturated heterocycles. The maximum absolute atomic E-state index is 12.3. The molecular formula is C20H29N3O2. The first-order valence-corrected chi connectivity index (χ1v) is 9.81. The summed E-state index contributed by atoms with van der Waals surface area (Å²) in [6, 6.07) is 8.95. The number of hydrogen-bond donors (Lipinski definition) is 2. The lowest BCUT2D eigenvalue weighted by atomic mass is 9.96. The molecule has 2 heterocycles. The van der Waals surface area contributed by atoms with Crippen LogP contribution in [0.15, 0.2) is 24.3 Å². The van der Waals surface area contributed by atoms with Crippen LogP contribution in [0.4, 0.5) is 4.79 Å². The first kappa shape index (κ1) is 16.7. The maximum atomic E-state index is 12.3. The minimum Gasteiger partial charge on any atom is -0.490 e. The molecule has 0 unspecified atom stereocenters. The third kappa shape index (κ3) is 4.09. The van der Waals surface area contributed by atoms with E-state index in [-0.39, 0.29) is 6.03 Å². The van der Waals surface area contributed by atoms with E-state index >= 15 is 0 Å². The number of urea groups is 1. The minimum absolute atomic E-state index is 0.0603. The first-order chi connectivity index (χ1) is 12.3. The van der Waals surface area contributed by atoms with Crippen molar-refractivity contribution in [3.63, 3.8) is 0 Å². The van der Waals surface area contributed by atoms with Gasteiger partial charge in [-0.1, -0.05) is 18.2 Å². The van der Waals surface area contributed by atoms with Gasteiger partial charge in [0.05, 0.1) is 6.10 Å². The van der Waals surface area contributed by atoms with E-state index < -0.39 is 0 Å². The van der Waals surface area contributed by atoms with Crippen molar-refractivity contribution in [2.45, 2.75) is 69.7 Å². The zero-order chi connectivity index (χ0) is 17.1. The molecule has 0 spiro atoms. The Hall–Kier alpha value is -1.75. The van der Waals surface area contributed by atoms with Gasteiger partial charge in [-0.3, -0.25) is 0 Å². The summed E-state index contributed by atoms with van der Waals surface area (Å²) in [5.74, 6) is 0.909. The van der Waals surface area contributed by atoms with E-state index in [0.717, 1.165) is 43.5 Å². The number of fused-ring (bicyclic) bond motifs is 1. The number of nitrogens with one attached hydrogen (secondary N) is 2. The molecule has 1 saturated carbocycles. The van der Waals surface area contributed by atoms with E-state index in [1.54, 1.807) is 0 Å². The van der Waals surface area contributed by atoms with Crippen molar-refractivity contribution in [3.05, 3.63) is 29.8 Å². The predicted octanol–water partition coefficient (Wildman–Crippen LogP) is 3.04. The van der Waals surface area contributed by atoms with Crippen LogP contribution in [0.3, 0.4) is 0 Å². The molecule has 2 amide bonds. The smallest absolute Gasteiger partial charge is 0.315 e. The summed E-state index contributed by atoms with van der Waals surface area (Å²) in [7, 11) is 0. The summed E-state index contributed by atoms with van der Waals surface area (Å²) >= 11 is 0. The van der Waals surface area contributed by atoms with Crippen molar-refractivity contribution in [2.24, 2.45) is 0 Å². The van der Waals surface area contributed by atoms with Crippen LogP contribution in [0.1, 0.15) is 50.5 Å². The minimum atomic E-state index is -0.0603. The van der Waals surface area contributed by atoms with Crippen LogP contribution in [-0.4, -0.2) is 42.2 Å². The van der Waals surface area contributed by atoms with Gasteiger partial charge < -0.3 is 20.3 Å². The van der Waals surface area contributed by atoms with Gasteiger partial charge in [0, 0.05) is 30.7 Å². The highest BCUT2D eigenvalue weighted by atomic mass is 16.5. The number of ether oxygens (including phenoxy) is 1. The van der Waals surface area contributed by atoms with Gasteiger partial charge in [-0.25, -0.2) is 4.79 Å². The molecule has 1 aromatic carbocycles. The van der Waals surface area contributed by atoms with Crippen molar-refractivity contribution < 1.29 is 9.53 Å². The Kier molecular flexibility index (Phi) is 5.11. The summed E-state index contributed by atoms with van der Waals surface area (Å²) in [6.07, 6.45) is 8.64. The SMILES string of the molecule is O=C(NCc1ccccc1OC1CCC1)N[C@H]1CCN2CCC[C@H]2C1. The molecule has 3 fully saturated rings. The lowest BCUT2D eigenvalue weighted by Gasteiger charge is -2.35. The van der Waals surface area contributed by atoms with Gasteiger partial charge in [0.1, 0.15) is 5.75 Å². The average molecular weight is 343 g/mol. The second kappa shape index (κ2) is 7.65. The van der Waals surface area contributed by atoms with Gasteiger partial charge in [-0.15, -0.1) is 0 Å². The number of piperidine rings is 1. The average Bonchev–Trinajstić information content (AvgIpc) is 3.05. The molecule has 2 N–H and O–H groups in total. The summed E-state index contributed by atoms with van der Waals surface area (Å²) < 4.78 is 6.03.